The Hall–Kier alpha value is -2.77. The molecule has 0 unspecified atom stereocenters. The summed E-state index contributed by atoms with van der Waals surface area (Å²) in [5.74, 6) is 2.04. The molecule has 0 atom stereocenters. The number of fused-ring (bicyclic) bond motifs is 2. The van der Waals surface area contributed by atoms with Crippen molar-refractivity contribution in [1.82, 2.24) is 29.1 Å². The Morgan fingerprint density at radius 3 is 3.14 bits per heavy atom. The van der Waals surface area contributed by atoms with Crippen molar-refractivity contribution in [2.75, 3.05) is 5.32 Å². The Morgan fingerprint density at radius 1 is 1.32 bits per heavy atom. The molecular weight excluding hydrogens is 282 g/mol. The molecule has 0 aliphatic carbocycles. The first kappa shape index (κ1) is 12.9. The average Bonchev–Trinajstić information content (AvgIpc) is 3.11. The first-order chi connectivity index (χ1) is 10.7. The van der Waals surface area contributed by atoms with E-state index in [9.17, 15) is 4.79 Å². The number of aromatic nitrogens is 6. The van der Waals surface area contributed by atoms with Gasteiger partial charge in [0, 0.05) is 24.9 Å². The summed E-state index contributed by atoms with van der Waals surface area (Å²) in [5, 5.41) is 10.7. The second kappa shape index (κ2) is 4.90. The van der Waals surface area contributed by atoms with E-state index in [1.165, 1.54) is 0 Å². The number of hydrogen-bond acceptors (Lipinski definition) is 5. The van der Waals surface area contributed by atoms with Gasteiger partial charge in [-0.3, -0.25) is 9.20 Å². The van der Waals surface area contributed by atoms with Crippen LogP contribution < -0.4 is 5.32 Å². The number of carbonyl (C=O) groups is 1. The van der Waals surface area contributed by atoms with Crippen molar-refractivity contribution in [1.29, 1.82) is 0 Å². The second-order valence-electron chi connectivity index (χ2n) is 5.39. The number of anilines is 1. The fourth-order valence-electron chi connectivity index (χ4n) is 2.72. The second-order valence-corrected chi connectivity index (χ2v) is 5.39. The molecule has 1 aliphatic heterocycles. The zero-order valence-electron chi connectivity index (χ0n) is 12.2. The maximum atomic E-state index is 12.5. The highest BCUT2D eigenvalue weighted by Gasteiger charge is 2.19. The molecular formula is C14H15N7O. The van der Waals surface area contributed by atoms with Gasteiger partial charge < -0.3 is 9.88 Å². The molecule has 22 heavy (non-hydrogen) atoms. The molecule has 0 spiro atoms. The van der Waals surface area contributed by atoms with Gasteiger partial charge in [-0.05, 0) is 25.8 Å². The summed E-state index contributed by atoms with van der Waals surface area (Å²) in [6.07, 6.45) is 6.64. The number of carbonyl (C=O) groups excluding carboxylic acids is 1. The van der Waals surface area contributed by atoms with E-state index in [0.717, 1.165) is 37.3 Å². The van der Waals surface area contributed by atoms with Gasteiger partial charge in [0.2, 0.25) is 5.82 Å². The lowest BCUT2D eigenvalue weighted by Crippen LogP contribution is -2.20. The highest BCUT2D eigenvalue weighted by Crippen LogP contribution is 2.20. The SMILES string of the molecule is Cc1ccn2c(C(=O)Nc3cnc4n3CCCC4)nnc2n1. The summed E-state index contributed by atoms with van der Waals surface area (Å²) >= 11 is 0. The van der Waals surface area contributed by atoms with Crippen LogP contribution in [-0.4, -0.2) is 35.0 Å². The van der Waals surface area contributed by atoms with Crippen molar-refractivity contribution in [3.05, 3.63) is 35.8 Å². The van der Waals surface area contributed by atoms with Gasteiger partial charge in [0.05, 0.1) is 6.20 Å². The van der Waals surface area contributed by atoms with E-state index in [1.807, 2.05) is 17.6 Å². The maximum absolute atomic E-state index is 12.5. The molecule has 0 fully saturated rings. The van der Waals surface area contributed by atoms with E-state index in [4.69, 9.17) is 0 Å². The molecule has 8 nitrogen and oxygen atoms in total. The van der Waals surface area contributed by atoms with Crippen LogP contribution in [0.5, 0.6) is 0 Å². The third kappa shape index (κ3) is 2.03. The minimum absolute atomic E-state index is 0.217. The fourth-order valence-corrected chi connectivity index (χ4v) is 2.72. The summed E-state index contributed by atoms with van der Waals surface area (Å²) in [4.78, 5) is 21.1. The lowest BCUT2D eigenvalue weighted by atomic mass is 10.2. The zero-order valence-corrected chi connectivity index (χ0v) is 12.2. The highest BCUT2D eigenvalue weighted by molar-refractivity contribution is 6.01. The molecule has 0 saturated carbocycles. The van der Waals surface area contributed by atoms with Crippen LogP contribution in [0.3, 0.4) is 0 Å². The minimum Gasteiger partial charge on any atom is -0.315 e. The standard InChI is InChI=1S/C14H15N7O/c1-9-5-7-21-12(18-19-14(21)16-9)13(22)17-11-8-15-10-4-2-3-6-20(10)11/h5,7-8H,2-4,6H2,1H3,(H,17,22). The maximum Gasteiger partial charge on any atom is 0.295 e. The summed E-state index contributed by atoms with van der Waals surface area (Å²) in [6, 6.07) is 1.81. The van der Waals surface area contributed by atoms with E-state index in [2.05, 4.69) is 25.5 Å². The highest BCUT2D eigenvalue weighted by atomic mass is 16.2. The van der Waals surface area contributed by atoms with Crippen LogP contribution in [0.4, 0.5) is 5.82 Å². The van der Waals surface area contributed by atoms with Crippen LogP contribution in [0.25, 0.3) is 5.78 Å². The Bertz CT molecular complexity index is 863. The normalized spacial score (nSPS) is 14.0. The molecule has 112 valence electrons. The number of nitrogens with zero attached hydrogens (tertiary/aromatic N) is 6. The number of aryl methyl sites for hydroxylation is 2. The van der Waals surface area contributed by atoms with Crippen LogP contribution in [0.2, 0.25) is 0 Å². The molecule has 0 bridgehead atoms. The van der Waals surface area contributed by atoms with Crippen molar-refractivity contribution in [2.24, 2.45) is 0 Å². The predicted molar refractivity (Wildman–Crippen MR) is 78.6 cm³/mol. The Morgan fingerprint density at radius 2 is 2.23 bits per heavy atom. The smallest absolute Gasteiger partial charge is 0.295 e. The number of amides is 1. The molecule has 0 radical (unpaired) electrons. The molecule has 1 aliphatic rings. The first-order valence-electron chi connectivity index (χ1n) is 7.26. The van der Waals surface area contributed by atoms with Crippen molar-refractivity contribution in [3.8, 4) is 0 Å². The van der Waals surface area contributed by atoms with E-state index in [1.54, 1.807) is 16.8 Å². The molecule has 4 heterocycles. The number of imidazole rings is 1. The molecule has 1 amide bonds. The van der Waals surface area contributed by atoms with Crippen molar-refractivity contribution < 1.29 is 4.79 Å². The van der Waals surface area contributed by atoms with Crippen LogP contribution >= 0.6 is 0 Å². The average molecular weight is 297 g/mol. The van der Waals surface area contributed by atoms with Gasteiger partial charge in [0.1, 0.15) is 11.6 Å². The summed E-state index contributed by atoms with van der Waals surface area (Å²) in [5.41, 5.74) is 0.830. The van der Waals surface area contributed by atoms with Crippen molar-refractivity contribution in [3.63, 3.8) is 0 Å². The van der Waals surface area contributed by atoms with Crippen molar-refractivity contribution >= 4 is 17.5 Å². The molecule has 4 rings (SSSR count). The van der Waals surface area contributed by atoms with Gasteiger partial charge in [0.25, 0.3) is 11.7 Å². The number of hydrogen-bond donors (Lipinski definition) is 1. The fraction of sp³-hybridized carbons (Fsp3) is 0.357. The van der Waals surface area contributed by atoms with Gasteiger partial charge in [-0.2, -0.15) is 0 Å². The first-order valence-corrected chi connectivity index (χ1v) is 7.26. The van der Waals surface area contributed by atoms with Gasteiger partial charge >= 0.3 is 0 Å². The third-order valence-electron chi connectivity index (χ3n) is 3.83. The van der Waals surface area contributed by atoms with E-state index < -0.39 is 0 Å². The van der Waals surface area contributed by atoms with Crippen molar-refractivity contribution in [2.45, 2.75) is 32.7 Å². The molecule has 8 heteroatoms. The minimum atomic E-state index is -0.313. The molecule has 3 aromatic rings. The Kier molecular flexibility index (Phi) is 2.88. The summed E-state index contributed by atoms with van der Waals surface area (Å²) in [6.45, 7) is 2.75. The van der Waals surface area contributed by atoms with Crippen LogP contribution in [0, 0.1) is 6.92 Å². The van der Waals surface area contributed by atoms with E-state index in [0.29, 0.717) is 11.6 Å². The molecule has 0 saturated heterocycles. The molecule has 0 aromatic carbocycles. The Balaban J connectivity index is 1.65. The quantitative estimate of drug-likeness (QED) is 0.768. The predicted octanol–water partition coefficient (Wildman–Crippen LogP) is 1.22. The van der Waals surface area contributed by atoms with Crippen LogP contribution in [0.15, 0.2) is 18.5 Å². The lowest BCUT2D eigenvalue weighted by molar-refractivity contribution is 0.101. The van der Waals surface area contributed by atoms with Crippen LogP contribution in [-0.2, 0) is 13.0 Å². The molecule has 3 aromatic heterocycles. The van der Waals surface area contributed by atoms with Gasteiger partial charge in [-0.25, -0.2) is 9.97 Å². The van der Waals surface area contributed by atoms with E-state index >= 15 is 0 Å². The monoisotopic (exact) mass is 297 g/mol. The van der Waals surface area contributed by atoms with E-state index in [-0.39, 0.29) is 11.7 Å². The third-order valence-corrected chi connectivity index (χ3v) is 3.83. The lowest BCUT2D eigenvalue weighted by Gasteiger charge is -2.16. The zero-order chi connectivity index (χ0) is 15.1. The van der Waals surface area contributed by atoms with Gasteiger partial charge in [-0.15, -0.1) is 10.2 Å². The van der Waals surface area contributed by atoms with Crippen LogP contribution in [0.1, 0.15) is 35.0 Å². The number of rotatable bonds is 2. The number of nitrogens with one attached hydrogen (secondary N) is 1. The summed E-state index contributed by atoms with van der Waals surface area (Å²) in [7, 11) is 0. The topological polar surface area (TPSA) is 90.0 Å². The Labute approximate surface area is 126 Å². The summed E-state index contributed by atoms with van der Waals surface area (Å²) < 4.78 is 3.63. The molecule has 1 N–H and O–H groups in total. The largest absolute Gasteiger partial charge is 0.315 e. The van der Waals surface area contributed by atoms with Gasteiger partial charge in [0.15, 0.2) is 0 Å². The van der Waals surface area contributed by atoms with Gasteiger partial charge in [-0.1, -0.05) is 0 Å².